The second kappa shape index (κ2) is 7.68. The molecule has 6 heteroatoms. The Labute approximate surface area is 149 Å². The third-order valence-electron chi connectivity index (χ3n) is 3.26. The first-order valence-electron chi connectivity index (χ1n) is 8.23. The highest BCUT2D eigenvalue weighted by Gasteiger charge is 2.19. The van der Waals surface area contributed by atoms with E-state index in [-0.39, 0.29) is 27.5 Å². The number of nitrogens with one attached hydrogen (secondary N) is 2. The third kappa shape index (κ3) is 7.37. The summed E-state index contributed by atoms with van der Waals surface area (Å²) in [4.78, 5) is 36.0. The van der Waals surface area contributed by atoms with Crippen molar-refractivity contribution in [1.82, 2.24) is 10.6 Å². The standard InChI is InChI=1S/C19H28N2O4/c1-18(2,3)10-20-15(22)12-7-13(9-14(8-12)17(24)25)16(23)21-11-19(4,5)6/h7-9H,10-11H2,1-6H3,(H,20,22)(H,21,23)(H,24,25). The molecule has 0 aliphatic carbocycles. The second-order valence-electron chi connectivity index (χ2n) is 8.59. The van der Waals surface area contributed by atoms with Crippen LogP contribution in [0, 0.1) is 10.8 Å². The predicted octanol–water partition coefficient (Wildman–Crippen LogP) is 2.94. The van der Waals surface area contributed by atoms with Crippen molar-refractivity contribution in [2.45, 2.75) is 41.5 Å². The van der Waals surface area contributed by atoms with E-state index in [1.807, 2.05) is 41.5 Å². The molecule has 2 amide bonds. The molecule has 0 aromatic heterocycles. The fourth-order valence-electron chi connectivity index (χ4n) is 1.91. The second-order valence-corrected chi connectivity index (χ2v) is 8.59. The number of amides is 2. The van der Waals surface area contributed by atoms with Crippen LogP contribution in [0.4, 0.5) is 0 Å². The van der Waals surface area contributed by atoms with Gasteiger partial charge >= 0.3 is 5.97 Å². The molecule has 0 saturated heterocycles. The van der Waals surface area contributed by atoms with Crippen molar-refractivity contribution in [3.63, 3.8) is 0 Å². The van der Waals surface area contributed by atoms with Crippen molar-refractivity contribution >= 4 is 17.8 Å². The van der Waals surface area contributed by atoms with Crippen molar-refractivity contribution in [3.8, 4) is 0 Å². The minimum absolute atomic E-state index is 0.0932. The van der Waals surface area contributed by atoms with Gasteiger partial charge in [-0.05, 0) is 29.0 Å². The Morgan fingerprint density at radius 1 is 0.760 bits per heavy atom. The minimum Gasteiger partial charge on any atom is -0.478 e. The van der Waals surface area contributed by atoms with E-state index < -0.39 is 17.8 Å². The van der Waals surface area contributed by atoms with Gasteiger partial charge in [-0.1, -0.05) is 41.5 Å². The number of benzene rings is 1. The maximum absolute atomic E-state index is 12.3. The topological polar surface area (TPSA) is 95.5 Å². The quantitative estimate of drug-likeness (QED) is 0.762. The molecule has 0 heterocycles. The summed E-state index contributed by atoms with van der Waals surface area (Å²) < 4.78 is 0. The number of carbonyl (C=O) groups is 3. The van der Waals surface area contributed by atoms with E-state index in [0.717, 1.165) is 0 Å². The average molecular weight is 348 g/mol. The van der Waals surface area contributed by atoms with Crippen LogP contribution in [0.25, 0.3) is 0 Å². The van der Waals surface area contributed by atoms with Gasteiger partial charge in [0.15, 0.2) is 0 Å². The minimum atomic E-state index is -1.18. The SMILES string of the molecule is CC(C)(C)CNC(=O)c1cc(C(=O)O)cc(C(=O)NCC(C)(C)C)c1. The fourth-order valence-corrected chi connectivity index (χ4v) is 1.91. The van der Waals surface area contributed by atoms with Gasteiger partial charge in [0.25, 0.3) is 11.8 Å². The fraction of sp³-hybridized carbons (Fsp3) is 0.526. The zero-order valence-corrected chi connectivity index (χ0v) is 15.8. The molecule has 0 unspecified atom stereocenters. The first-order valence-corrected chi connectivity index (χ1v) is 8.23. The Bertz CT molecular complexity index is 619. The molecule has 25 heavy (non-hydrogen) atoms. The van der Waals surface area contributed by atoms with Gasteiger partial charge in [-0.15, -0.1) is 0 Å². The van der Waals surface area contributed by atoms with Gasteiger partial charge in [-0.3, -0.25) is 9.59 Å². The van der Waals surface area contributed by atoms with Crippen LogP contribution in [0.3, 0.4) is 0 Å². The summed E-state index contributed by atoms with van der Waals surface area (Å²) in [6.45, 7) is 12.7. The van der Waals surface area contributed by atoms with E-state index in [1.165, 1.54) is 18.2 Å². The molecule has 0 atom stereocenters. The van der Waals surface area contributed by atoms with Gasteiger partial charge < -0.3 is 15.7 Å². The van der Waals surface area contributed by atoms with Crippen LogP contribution in [-0.4, -0.2) is 36.0 Å². The first kappa shape index (κ1) is 20.7. The summed E-state index contributed by atoms with van der Waals surface area (Å²) in [5.41, 5.74) is 0.0133. The highest BCUT2D eigenvalue weighted by molar-refractivity contribution is 6.03. The highest BCUT2D eigenvalue weighted by Crippen LogP contribution is 2.15. The molecular weight excluding hydrogens is 320 g/mol. The summed E-state index contributed by atoms with van der Waals surface area (Å²) in [5.74, 6) is -1.99. The van der Waals surface area contributed by atoms with Gasteiger partial charge in [-0.2, -0.15) is 0 Å². The average Bonchev–Trinajstić information content (AvgIpc) is 2.48. The number of carboxylic acids is 1. The molecule has 0 fully saturated rings. The van der Waals surface area contributed by atoms with Gasteiger partial charge in [0.1, 0.15) is 0 Å². The number of carbonyl (C=O) groups excluding carboxylic acids is 2. The van der Waals surface area contributed by atoms with Crippen LogP contribution in [-0.2, 0) is 0 Å². The number of carboxylic acid groups (broad SMARTS) is 1. The van der Waals surface area contributed by atoms with Crippen molar-refractivity contribution in [3.05, 3.63) is 34.9 Å². The molecule has 3 N–H and O–H groups in total. The summed E-state index contributed by atoms with van der Waals surface area (Å²) in [6, 6.07) is 3.98. The highest BCUT2D eigenvalue weighted by atomic mass is 16.4. The molecule has 0 radical (unpaired) electrons. The lowest BCUT2D eigenvalue weighted by molar-refractivity contribution is 0.0697. The van der Waals surface area contributed by atoms with Crippen molar-refractivity contribution in [2.24, 2.45) is 10.8 Å². The molecule has 1 rings (SSSR count). The normalized spacial score (nSPS) is 11.8. The van der Waals surface area contributed by atoms with Gasteiger partial charge in [0.05, 0.1) is 5.56 Å². The van der Waals surface area contributed by atoms with Crippen LogP contribution in [0.1, 0.15) is 72.6 Å². The van der Waals surface area contributed by atoms with Crippen LogP contribution in [0.2, 0.25) is 0 Å². The molecular formula is C19H28N2O4. The summed E-state index contributed by atoms with van der Waals surface area (Å²) in [6.07, 6.45) is 0. The molecule has 0 saturated carbocycles. The Morgan fingerprint density at radius 2 is 1.08 bits per heavy atom. The van der Waals surface area contributed by atoms with Crippen molar-refractivity contribution in [2.75, 3.05) is 13.1 Å². The van der Waals surface area contributed by atoms with Crippen molar-refractivity contribution < 1.29 is 19.5 Å². The Kier molecular flexibility index (Phi) is 6.35. The predicted molar refractivity (Wildman–Crippen MR) is 97.0 cm³/mol. The lowest BCUT2D eigenvalue weighted by Gasteiger charge is -2.20. The maximum atomic E-state index is 12.3. The van der Waals surface area contributed by atoms with Gasteiger partial charge in [-0.25, -0.2) is 4.79 Å². The number of hydrogen-bond acceptors (Lipinski definition) is 3. The van der Waals surface area contributed by atoms with E-state index in [1.54, 1.807) is 0 Å². The van der Waals surface area contributed by atoms with Crippen LogP contribution >= 0.6 is 0 Å². The molecule has 0 aliphatic rings. The zero-order valence-electron chi connectivity index (χ0n) is 15.8. The third-order valence-corrected chi connectivity index (χ3v) is 3.26. The summed E-state index contributed by atoms with van der Waals surface area (Å²) >= 11 is 0. The monoisotopic (exact) mass is 348 g/mol. The Hall–Kier alpha value is -2.37. The number of hydrogen-bond donors (Lipinski definition) is 3. The summed E-state index contributed by atoms with van der Waals surface area (Å²) in [7, 11) is 0. The molecule has 1 aromatic carbocycles. The number of aromatic carboxylic acids is 1. The Morgan fingerprint density at radius 3 is 1.36 bits per heavy atom. The molecule has 0 spiro atoms. The molecule has 0 aliphatic heterocycles. The van der Waals surface area contributed by atoms with E-state index in [0.29, 0.717) is 13.1 Å². The van der Waals surface area contributed by atoms with Gasteiger partial charge in [0.2, 0.25) is 0 Å². The van der Waals surface area contributed by atoms with Crippen LogP contribution < -0.4 is 10.6 Å². The van der Waals surface area contributed by atoms with Crippen LogP contribution in [0.15, 0.2) is 18.2 Å². The lowest BCUT2D eigenvalue weighted by atomic mass is 9.96. The van der Waals surface area contributed by atoms with Gasteiger partial charge in [0, 0.05) is 24.2 Å². The van der Waals surface area contributed by atoms with E-state index in [2.05, 4.69) is 10.6 Å². The zero-order chi connectivity index (χ0) is 19.4. The molecule has 6 nitrogen and oxygen atoms in total. The summed E-state index contributed by atoms with van der Waals surface area (Å²) in [5, 5.41) is 14.8. The maximum Gasteiger partial charge on any atom is 0.335 e. The smallest absolute Gasteiger partial charge is 0.335 e. The van der Waals surface area contributed by atoms with Crippen molar-refractivity contribution in [1.29, 1.82) is 0 Å². The first-order chi connectivity index (χ1) is 11.3. The molecule has 1 aromatic rings. The largest absolute Gasteiger partial charge is 0.478 e. The molecule has 138 valence electrons. The number of rotatable bonds is 5. The Balaban J connectivity index is 3.07. The lowest BCUT2D eigenvalue weighted by Crippen LogP contribution is -2.34. The van der Waals surface area contributed by atoms with E-state index in [9.17, 15) is 19.5 Å². The van der Waals surface area contributed by atoms with Crippen LogP contribution in [0.5, 0.6) is 0 Å². The molecule has 0 bridgehead atoms. The van der Waals surface area contributed by atoms with E-state index >= 15 is 0 Å². The van der Waals surface area contributed by atoms with E-state index in [4.69, 9.17) is 0 Å².